The van der Waals surface area contributed by atoms with Crippen LogP contribution in [-0.2, 0) is 9.53 Å². The number of carbonyl (C=O) groups excluding carboxylic acids is 1. The first-order chi connectivity index (χ1) is 11.1. The second-order valence-electron chi connectivity index (χ2n) is 5.19. The highest BCUT2D eigenvalue weighted by Crippen LogP contribution is 2.31. The summed E-state index contributed by atoms with van der Waals surface area (Å²) in [5.74, 6) is 12.1. The van der Waals surface area contributed by atoms with Crippen LogP contribution in [0.3, 0.4) is 0 Å². The van der Waals surface area contributed by atoms with E-state index >= 15 is 0 Å². The van der Waals surface area contributed by atoms with Crippen LogP contribution in [-0.4, -0.2) is 12.6 Å². The van der Waals surface area contributed by atoms with Crippen molar-refractivity contribution in [3.63, 3.8) is 0 Å². The Kier molecular flexibility index (Phi) is 5.89. The molecule has 1 aliphatic rings. The third kappa shape index (κ3) is 5.24. The molecule has 0 amide bonds. The van der Waals surface area contributed by atoms with Gasteiger partial charge in [-0.25, -0.2) is 10.6 Å². The number of hydrogen-bond donors (Lipinski definition) is 3. The monoisotopic (exact) mass is 315 g/mol. The van der Waals surface area contributed by atoms with Crippen molar-refractivity contribution < 1.29 is 14.3 Å². The Hall–Kier alpha value is -2.65. The van der Waals surface area contributed by atoms with Crippen LogP contribution in [0.1, 0.15) is 31.7 Å². The van der Waals surface area contributed by atoms with E-state index in [-0.39, 0.29) is 18.2 Å². The maximum absolute atomic E-state index is 11.6. The summed E-state index contributed by atoms with van der Waals surface area (Å²) < 4.78 is 10.3. The molecule has 23 heavy (non-hydrogen) atoms. The Morgan fingerprint density at radius 3 is 2.87 bits per heavy atom. The SMILES string of the molecule is CCOC(=O)/C(N)=C(/NN)Oc1cccc(C#CCC2CC2)c1. The van der Waals surface area contributed by atoms with Crippen molar-refractivity contribution in [2.45, 2.75) is 26.2 Å². The number of carbonyl (C=O) groups is 1. The first-order valence-electron chi connectivity index (χ1n) is 7.54. The molecule has 0 heterocycles. The molecule has 0 aromatic heterocycles. The van der Waals surface area contributed by atoms with E-state index in [1.54, 1.807) is 19.1 Å². The third-order valence-electron chi connectivity index (χ3n) is 3.25. The van der Waals surface area contributed by atoms with Gasteiger partial charge < -0.3 is 15.2 Å². The van der Waals surface area contributed by atoms with Crippen molar-refractivity contribution in [3.05, 3.63) is 41.4 Å². The molecule has 122 valence electrons. The van der Waals surface area contributed by atoms with Crippen LogP contribution in [0.4, 0.5) is 0 Å². The van der Waals surface area contributed by atoms with Crippen LogP contribution in [0.15, 0.2) is 35.8 Å². The second kappa shape index (κ2) is 8.11. The number of benzene rings is 1. The van der Waals surface area contributed by atoms with E-state index in [9.17, 15) is 4.79 Å². The summed E-state index contributed by atoms with van der Waals surface area (Å²) in [5.41, 5.74) is 8.55. The van der Waals surface area contributed by atoms with Gasteiger partial charge in [-0.15, -0.1) is 0 Å². The molecule has 1 fully saturated rings. The molecular formula is C17H21N3O3. The maximum atomic E-state index is 11.6. The summed E-state index contributed by atoms with van der Waals surface area (Å²) in [7, 11) is 0. The molecule has 0 aliphatic heterocycles. The molecule has 1 aromatic rings. The molecule has 6 nitrogen and oxygen atoms in total. The average Bonchev–Trinajstić information content (AvgIpc) is 3.37. The predicted octanol–water partition coefficient (Wildman–Crippen LogP) is 1.37. The lowest BCUT2D eigenvalue weighted by Crippen LogP contribution is -2.31. The van der Waals surface area contributed by atoms with Gasteiger partial charge in [-0.05, 0) is 43.9 Å². The van der Waals surface area contributed by atoms with E-state index in [1.807, 2.05) is 12.1 Å². The Morgan fingerprint density at radius 1 is 1.43 bits per heavy atom. The molecular weight excluding hydrogens is 294 g/mol. The Labute approximate surface area is 135 Å². The second-order valence-corrected chi connectivity index (χ2v) is 5.19. The van der Waals surface area contributed by atoms with Gasteiger partial charge in [-0.1, -0.05) is 17.9 Å². The van der Waals surface area contributed by atoms with Gasteiger partial charge in [0.05, 0.1) is 6.61 Å². The number of ether oxygens (including phenoxy) is 2. The standard InChI is InChI=1S/C17H21N3O3/c1-2-22-17(21)15(18)16(20-19)23-14-8-4-7-13(11-14)6-3-5-12-9-10-12/h4,7-8,11-12,20H,2,5,9-10,18-19H2,1H3/b16-15+. The van der Waals surface area contributed by atoms with Crippen LogP contribution in [0.25, 0.3) is 0 Å². The van der Waals surface area contributed by atoms with Crippen LogP contribution in [0, 0.1) is 17.8 Å². The Balaban J connectivity index is 2.08. The highest BCUT2D eigenvalue weighted by molar-refractivity contribution is 5.87. The lowest BCUT2D eigenvalue weighted by Gasteiger charge is -2.12. The van der Waals surface area contributed by atoms with E-state index in [0.717, 1.165) is 17.9 Å². The van der Waals surface area contributed by atoms with E-state index < -0.39 is 5.97 Å². The summed E-state index contributed by atoms with van der Waals surface area (Å²) in [4.78, 5) is 11.6. The summed E-state index contributed by atoms with van der Waals surface area (Å²) in [5, 5.41) is 0. The smallest absolute Gasteiger partial charge is 0.359 e. The van der Waals surface area contributed by atoms with Gasteiger partial charge >= 0.3 is 5.97 Å². The molecule has 0 atom stereocenters. The van der Waals surface area contributed by atoms with Gasteiger partial charge in [0.2, 0.25) is 5.88 Å². The number of nitrogens with one attached hydrogen (secondary N) is 1. The van der Waals surface area contributed by atoms with Crippen molar-refractivity contribution in [2.75, 3.05) is 6.61 Å². The largest absolute Gasteiger partial charge is 0.461 e. The molecule has 1 aromatic carbocycles. The number of esters is 1. The minimum absolute atomic E-state index is 0.0634. The van der Waals surface area contributed by atoms with Crippen LogP contribution in [0.2, 0.25) is 0 Å². The Bertz CT molecular complexity index is 655. The quantitative estimate of drug-likeness (QED) is 0.183. The molecule has 2 rings (SSSR count). The first kappa shape index (κ1) is 16.7. The zero-order valence-corrected chi connectivity index (χ0v) is 13.1. The van der Waals surface area contributed by atoms with Gasteiger partial charge in [0, 0.05) is 12.0 Å². The van der Waals surface area contributed by atoms with E-state index in [1.165, 1.54) is 12.8 Å². The van der Waals surface area contributed by atoms with Crippen LogP contribution in [0.5, 0.6) is 5.75 Å². The van der Waals surface area contributed by atoms with Crippen LogP contribution < -0.4 is 21.7 Å². The molecule has 6 heteroatoms. The highest BCUT2D eigenvalue weighted by Gasteiger charge is 2.19. The predicted molar refractivity (Wildman–Crippen MR) is 86.5 cm³/mol. The zero-order chi connectivity index (χ0) is 16.7. The van der Waals surface area contributed by atoms with Gasteiger partial charge in [0.15, 0.2) is 5.70 Å². The molecule has 1 saturated carbocycles. The normalized spacial score (nSPS) is 14.2. The molecule has 5 N–H and O–H groups in total. The average molecular weight is 315 g/mol. The van der Waals surface area contributed by atoms with E-state index in [0.29, 0.717) is 5.75 Å². The van der Waals surface area contributed by atoms with Crippen molar-refractivity contribution in [2.24, 2.45) is 17.5 Å². The summed E-state index contributed by atoms with van der Waals surface area (Å²) in [6.45, 7) is 1.90. The molecule has 1 aliphatic carbocycles. The molecule has 0 bridgehead atoms. The fraction of sp³-hybridized carbons (Fsp3) is 0.353. The number of hydrazine groups is 1. The van der Waals surface area contributed by atoms with Crippen molar-refractivity contribution in [1.29, 1.82) is 0 Å². The van der Waals surface area contributed by atoms with Crippen LogP contribution >= 0.6 is 0 Å². The fourth-order valence-electron chi connectivity index (χ4n) is 1.84. The zero-order valence-electron chi connectivity index (χ0n) is 13.1. The van der Waals surface area contributed by atoms with Crippen molar-refractivity contribution in [1.82, 2.24) is 5.43 Å². The minimum atomic E-state index is -0.694. The topological polar surface area (TPSA) is 99.6 Å². The summed E-state index contributed by atoms with van der Waals surface area (Å²) >= 11 is 0. The van der Waals surface area contributed by atoms with Crippen molar-refractivity contribution >= 4 is 5.97 Å². The Morgan fingerprint density at radius 2 is 2.22 bits per heavy atom. The van der Waals surface area contributed by atoms with E-state index in [2.05, 4.69) is 17.3 Å². The third-order valence-corrected chi connectivity index (χ3v) is 3.25. The van der Waals surface area contributed by atoms with Gasteiger partial charge in [0.25, 0.3) is 0 Å². The van der Waals surface area contributed by atoms with Crippen molar-refractivity contribution in [3.8, 4) is 17.6 Å². The lowest BCUT2D eigenvalue weighted by molar-refractivity contribution is -0.138. The molecule has 0 radical (unpaired) electrons. The first-order valence-corrected chi connectivity index (χ1v) is 7.54. The molecule has 0 saturated heterocycles. The van der Waals surface area contributed by atoms with Gasteiger partial charge in [-0.2, -0.15) is 0 Å². The van der Waals surface area contributed by atoms with Gasteiger partial charge in [0.1, 0.15) is 5.75 Å². The number of hydrogen-bond acceptors (Lipinski definition) is 6. The molecule has 0 spiro atoms. The maximum Gasteiger partial charge on any atom is 0.359 e. The highest BCUT2D eigenvalue weighted by atomic mass is 16.5. The lowest BCUT2D eigenvalue weighted by atomic mass is 10.2. The molecule has 0 unspecified atom stereocenters. The fourth-order valence-corrected chi connectivity index (χ4v) is 1.84. The number of nitrogens with two attached hydrogens (primary N) is 2. The minimum Gasteiger partial charge on any atom is -0.461 e. The number of rotatable bonds is 6. The van der Waals surface area contributed by atoms with Gasteiger partial charge in [-0.3, -0.25) is 5.43 Å². The summed E-state index contributed by atoms with van der Waals surface area (Å²) in [6.07, 6.45) is 3.49. The summed E-state index contributed by atoms with van der Waals surface area (Å²) in [6, 6.07) is 7.18. The van der Waals surface area contributed by atoms with E-state index in [4.69, 9.17) is 21.1 Å².